The van der Waals surface area contributed by atoms with Crippen molar-refractivity contribution in [3.63, 3.8) is 0 Å². The van der Waals surface area contributed by atoms with Crippen molar-refractivity contribution in [2.75, 3.05) is 26.9 Å². The molecule has 0 aromatic heterocycles. The SMILES string of the molecule is COc1cc([C@@H](O)[C@H](CO)Oc2ccc(CCCO[C@@H]3O[C@H](CO)[C@@H](O)[C@H](O)[C@H]3O)cc2O)ccc1O. The quantitative estimate of drug-likeness (QED) is 0.163. The maximum Gasteiger partial charge on any atom is 0.186 e. The first-order valence-electron chi connectivity index (χ1n) is 11.8. The number of methoxy groups -OCH3 is 1. The Bertz CT molecular complexity index is 1000. The molecule has 12 nitrogen and oxygen atoms in total. The number of phenolic OH excluding ortho intramolecular Hbond substituents is 2. The van der Waals surface area contributed by atoms with Gasteiger partial charge in [0, 0.05) is 0 Å². The number of aryl methyl sites for hydroxylation is 1. The molecule has 1 heterocycles. The van der Waals surface area contributed by atoms with Crippen LogP contribution in [0.2, 0.25) is 0 Å². The number of hydrogen-bond acceptors (Lipinski definition) is 12. The Morgan fingerprint density at radius 2 is 1.68 bits per heavy atom. The number of ether oxygens (including phenoxy) is 4. The van der Waals surface area contributed by atoms with Crippen LogP contribution in [0.25, 0.3) is 0 Å². The molecule has 0 saturated carbocycles. The summed E-state index contributed by atoms with van der Waals surface area (Å²) >= 11 is 0. The number of aromatic hydroxyl groups is 2. The lowest BCUT2D eigenvalue weighted by Gasteiger charge is -2.39. The van der Waals surface area contributed by atoms with Crippen LogP contribution in [0.15, 0.2) is 36.4 Å². The first-order chi connectivity index (χ1) is 17.7. The molecule has 2 aromatic rings. The highest BCUT2D eigenvalue weighted by molar-refractivity contribution is 5.44. The van der Waals surface area contributed by atoms with E-state index in [9.17, 15) is 40.9 Å². The van der Waals surface area contributed by atoms with Gasteiger partial charge in [0.2, 0.25) is 0 Å². The lowest BCUT2D eigenvalue weighted by Crippen LogP contribution is -2.59. The normalized spacial score (nSPS) is 25.4. The van der Waals surface area contributed by atoms with Gasteiger partial charge < -0.3 is 59.8 Å². The molecule has 0 unspecified atom stereocenters. The topological polar surface area (TPSA) is 199 Å². The molecule has 37 heavy (non-hydrogen) atoms. The van der Waals surface area contributed by atoms with Crippen LogP contribution >= 0.6 is 0 Å². The minimum absolute atomic E-state index is 0.0464. The lowest BCUT2D eigenvalue weighted by atomic mass is 9.99. The first-order valence-corrected chi connectivity index (χ1v) is 11.8. The van der Waals surface area contributed by atoms with E-state index in [1.54, 1.807) is 6.07 Å². The molecule has 8 N–H and O–H groups in total. The van der Waals surface area contributed by atoms with Gasteiger partial charge in [-0.1, -0.05) is 12.1 Å². The van der Waals surface area contributed by atoms with Gasteiger partial charge in [-0.3, -0.25) is 0 Å². The zero-order valence-electron chi connectivity index (χ0n) is 20.3. The third-order valence-corrected chi connectivity index (χ3v) is 6.12. The van der Waals surface area contributed by atoms with E-state index >= 15 is 0 Å². The predicted molar refractivity (Wildman–Crippen MR) is 127 cm³/mol. The number of rotatable bonds is 12. The number of hydrogen-bond donors (Lipinski definition) is 8. The van der Waals surface area contributed by atoms with E-state index < -0.39 is 56.1 Å². The Morgan fingerprint density at radius 1 is 0.919 bits per heavy atom. The van der Waals surface area contributed by atoms with Gasteiger partial charge >= 0.3 is 0 Å². The van der Waals surface area contributed by atoms with Crippen molar-refractivity contribution in [1.82, 2.24) is 0 Å². The van der Waals surface area contributed by atoms with Gasteiger partial charge in [-0.05, 0) is 48.2 Å². The van der Waals surface area contributed by atoms with E-state index in [4.69, 9.17) is 18.9 Å². The van der Waals surface area contributed by atoms with E-state index in [1.807, 2.05) is 0 Å². The van der Waals surface area contributed by atoms with Gasteiger partial charge in [-0.15, -0.1) is 0 Å². The highest BCUT2D eigenvalue weighted by atomic mass is 16.7. The summed E-state index contributed by atoms with van der Waals surface area (Å²) in [7, 11) is 1.37. The van der Waals surface area contributed by atoms with Crippen LogP contribution in [0.3, 0.4) is 0 Å². The molecule has 0 spiro atoms. The molecule has 0 aliphatic carbocycles. The summed E-state index contributed by atoms with van der Waals surface area (Å²) in [4.78, 5) is 0. The Balaban J connectivity index is 1.54. The summed E-state index contributed by atoms with van der Waals surface area (Å²) < 4.78 is 21.4. The second kappa shape index (κ2) is 13.2. The molecule has 3 rings (SSSR count). The summed E-state index contributed by atoms with van der Waals surface area (Å²) in [6.07, 6.45) is -8.19. The van der Waals surface area contributed by atoms with E-state index in [2.05, 4.69) is 0 Å². The number of benzene rings is 2. The summed E-state index contributed by atoms with van der Waals surface area (Å²) in [6.45, 7) is -0.979. The Hall–Kier alpha value is -2.68. The number of phenols is 2. The van der Waals surface area contributed by atoms with E-state index in [0.717, 1.165) is 5.56 Å². The van der Waals surface area contributed by atoms with Crippen LogP contribution < -0.4 is 9.47 Å². The first kappa shape index (κ1) is 28.9. The molecule has 0 bridgehead atoms. The van der Waals surface area contributed by atoms with Gasteiger partial charge in [-0.25, -0.2) is 0 Å². The largest absolute Gasteiger partial charge is 0.504 e. The average Bonchev–Trinajstić information content (AvgIpc) is 2.90. The molecule has 12 heteroatoms. The second-order valence-corrected chi connectivity index (χ2v) is 8.69. The summed E-state index contributed by atoms with van der Waals surface area (Å²) in [5, 5.41) is 79.4. The van der Waals surface area contributed by atoms with Crippen LogP contribution in [-0.2, 0) is 15.9 Å². The molecule has 0 amide bonds. The fourth-order valence-corrected chi connectivity index (χ4v) is 3.96. The van der Waals surface area contributed by atoms with Gasteiger partial charge in [0.25, 0.3) is 0 Å². The smallest absolute Gasteiger partial charge is 0.186 e. The fourth-order valence-electron chi connectivity index (χ4n) is 3.96. The molecule has 1 saturated heterocycles. The van der Waals surface area contributed by atoms with Crippen molar-refractivity contribution in [1.29, 1.82) is 0 Å². The Labute approximate surface area is 213 Å². The number of aliphatic hydroxyl groups excluding tert-OH is 6. The Kier molecular flexibility index (Phi) is 10.3. The monoisotopic (exact) mass is 526 g/mol. The van der Waals surface area contributed by atoms with E-state index in [1.165, 1.54) is 37.4 Å². The summed E-state index contributed by atoms with van der Waals surface area (Å²) in [6, 6.07) is 8.88. The zero-order chi connectivity index (χ0) is 27.1. The summed E-state index contributed by atoms with van der Waals surface area (Å²) in [5.41, 5.74) is 1.07. The molecule has 7 atom stereocenters. The molecular weight excluding hydrogens is 492 g/mol. The molecule has 1 aliphatic heterocycles. The van der Waals surface area contributed by atoms with Gasteiger partial charge in [0.15, 0.2) is 35.4 Å². The third-order valence-electron chi connectivity index (χ3n) is 6.12. The zero-order valence-corrected chi connectivity index (χ0v) is 20.3. The molecular formula is C25H34O12. The minimum Gasteiger partial charge on any atom is -0.504 e. The van der Waals surface area contributed by atoms with Crippen molar-refractivity contribution < 1.29 is 59.8 Å². The fraction of sp³-hybridized carbons (Fsp3) is 0.520. The van der Waals surface area contributed by atoms with Crippen LogP contribution in [0.1, 0.15) is 23.7 Å². The van der Waals surface area contributed by atoms with Gasteiger partial charge in [0.05, 0.1) is 26.9 Å². The van der Waals surface area contributed by atoms with Crippen molar-refractivity contribution in [2.24, 2.45) is 0 Å². The van der Waals surface area contributed by atoms with Gasteiger partial charge in [-0.2, -0.15) is 0 Å². The van der Waals surface area contributed by atoms with E-state index in [0.29, 0.717) is 18.4 Å². The summed E-state index contributed by atoms with van der Waals surface area (Å²) in [5.74, 6) is -0.117. The van der Waals surface area contributed by atoms with Gasteiger partial charge in [0.1, 0.15) is 30.5 Å². The highest BCUT2D eigenvalue weighted by Crippen LogP contribution is 2.33. The average molecular weight is 527 g/mol. The van der Waals surface area contributed by atoms with Crippen molar-refractivity contribution in [2.45, 2.75) is 55.8 Å². The van der Waals surface area contributed by atoms with Crippen molar-refractivity contribution in [3.8, 4) is 23.0 Å². The Morgan fingerprint density at radius 3 is 2.32 bits per heavy atom. The lowest BCUT2D eigenvalue weighted by molar-refractivity contribution is -0.301. The predicted octanol–water partition coefficient (Wildman–Crippen LogP) is -0.671. The van der Waals surface area contributed by atoms with Crippen molar-refractivity contribution in [3.05, 3.63) is 47.5 Å². The van der Waals surface area contributed by atoms with Crippen LogP contribution in [0.5, 0.6) is 23.0 Å². The standard InChI is InChI=1S/C25H34O12/c1-34-18-10-14(5-6-15(18)28)21(30)19(11-26)36-17-7-4-13(9-16(17)29)3-2-8-35-25-24(33)23(32)22(31)20(12-27)37-25/h4-7,9-10,19-33H,2-3,8,11-12H2,1H3/t19-,20+,21+,22+,23-,24+,25+/m0/s1. The van der Waals surface area contributed by atoms with Crippen LogP contribution in [0, 0.1) is 0 Å². The minimum atomic E-state index is -1.52. The van der Waals surface area contributed by atoms with E-state index in [-0.39, 0.29) is 29.6 Å². The van der Waals surface area contributed by atoms with Crippen LogP contribution in [0.4, 0.5) is 0 Å². The van der Waals surface area contributed by atoms with Crippen molar-refractivity contribution >= 4 is 0 Å². The highest BCUT2D eigenvalue weighted by Gasteiger charge is 2.43. The number of aliphatic hydroxyl groups is 6. The maximum atomic E-state index is 10.6. The van der Waals surface area contributed by atoms with Crippen LogP contribution in [-0.4, -0.2) is 105 Å². The maximum absolute atomic E-state index is 10.6. The molecule has 2 aromatic carbocycles. The molecule has 1 fully saturated rings. The molecule has 1 aliphatic rings. The molecule has 0 radical (unpaired) electrons. The molecule has 206 valence electrons. The third kappa shape index (κ3) is 7.00. The second-order valence-electron chi connectivity index (χ2n) is 8.69.